The first-order valence-corrected chi connectivity index (χ1v) is 10.4. The Kier molecular flexibility index (Phi) is 6.55. The lowest BCUT2D eigenvalue weighted by Crippen LogP contribution is -2.07. The van der Waals surface area contributed by atoms with E-state index in [1.54, 1.807) is 38.8 Å². The molecular formula is C27H24N2O4. The van der Waals surface area contributed by atoms with Gasteiger partial charge < -0.3 is 19.2 Å². The van der Waals surface area contributed by atoms with Crippen molar-refractivity contribution in [3.8, 4) is 34.1 Å². The molecule has 166 valence electrons. The van der Waals surface area contributed by atoms with E-state index in [9.17, 15) is 4.79 Å². The molecule has 1 heterocycles. The Bertz CT molecular complexity index is 1280. The Labute approximate surface area is 192 Å². The van der Waals surface area contributed by atoms with Crippen LogP contribution in [0.2, 0.25) is 0 Å². The van der Waals surface area contributed by atoms with Crippen molar-refractivity contribution in [2.45, 2.75) is 6.92 Å². The Morgan fingerprint density at radius 2 is 1.70 bits per heavy atom. The third kappa shape index (κ3) is 5.13. The van der Waals surface area contributed by atoms with Gasteiger partial charge in [-0.1, -0.05) is 24.3 Å². The minimum absolute atomic E-state index is 0.223. The number of benzene rings is 3. The Balaban J connectivity index is 1.45. The van der Waals surface area contributed by atoms with Crippen LogP contribution in [-0.2, 0) is 4.79 Å². The van der Waals surface area contributed by atoms with Crippen molar-refractivity contribution >= 4 is 17.7 Å². The van der Waals surface area contributed by atoms with E-state index in [2.05, 4.69) is 23.3 Å². The zero-order valence-corrected chi connectivity index (χ0v) is 18.7. The third-order valence-electron chi connectivity index (χ3n) is 5.22. The summed E-state index contributed by atoms with van der Waals surface area (Å²) in [6.07, 6.45) is 6.40. The standard InChI is InChI=1S/C27H24N2O4/c1-18-4-7-21(27-28-14-15-33-27)17-23(18)20-8-10-22(11-9-20)29-26(30)13-6-19-5-12-24(31-2)25(16-19)32-3/h4-17H,1-3H3,(H,29,30). The molecule has 4 aromatic rings. The van der Waals surface area contributed by atoms with E-state index >= 15 is 0 Å². The minimum atomic E-state index is -0.223. The number of carbonyl (C=O) groups is 1. The number of oxazole rings is 1. The van der Waals surface area contributed by atoms with E-state index in [4.69, 9.17) is 13.9 Å². The van der Waals surface area contributed by atoms with E-state index < -0.39 is 0 Å². The van der Waals surface area contributed by atoms with Gasteiger partial charge in [0.1, 0.15) is 6.26 Å². The van der Waals surface area contributed by atoms with E-state index in [-0.39, 0.29) is 5.91 Å². The molecule has 33 heavy (non-hydrogen) atoms. The van der Waals surface area contributed by atoms with E-state index in [1.807, 2.05) is 48.5 Å². The number of anilines is 1. The maximum Gasteiger partial charge on any atom is 0.248 e. The van der Waals surface area contributed by atoms with Crippen LogP contribution in [0.3, 0.4) is 0 Å². The molecule has 0 saturated carbocycles. The van der Waals surface area contributed by atoms with Crippen LogP contribution in [0, 0.1) is 6.92 Å². The summed E-state index contributed by atoms with van der Waals surface area (Å²) in [5.41, 5.74) is 5.72. The number of aromatic nitrogens is 1. The van der Waals surface area contributed by atoms with Gasteiger partial charge in [-0.05, 0) is 71.7 Å². The van der Waals surface area contributed by atoms with Gasteiger partial charge >= 0.3 is 0 Å². The van der Waals surface area contributed by atoms with Crippen molar-refractivity contribution in [2.24, 2.45) is 0 Å². The van der Waals surface area contributed by atoms with Crippen LogP contribution in [0.1, 0.15) is 11.1 Å². The molecule has 0 bridgehead atoms. The van der Waals surface area contributed by atoms with Crippen molar-refractivity contribution in [1.82, 2.24) is 4.98 Å². The molecule has 0 unspecified atom stereocenters. The van der Waals surface area contributed by atoms with Gasteiger partial charge in [0.2, 0.25) is 11.8 Å². The first-order valence-electron chi connectivity index (χ1n) is 10.4. The van der Waals surface area contributed by atoms with Crippen LogP contribution >= 0.6 is 0 Å². The molecule has 0 fully saturated rings. The lowest BCUT2D eigenvalue weighted by atomic mass is 9.98. The first-order chi connectivity index (χ1) is 16.1. The maximum atomic E-state index is 12.4. The summed E-state index contributed by atoms with van der Waals surface area (Å²) < 4.78 is 15.9. The zero-order valence-electron chi connectivity index (χ0n) is 18.7. The van der Waals surface area contributed by atoms with E-state index in [0.29, 0.717) is 23.1 Å². The Morgan fingerprint density at radius 3 is 2.39 bits per heavy atom. The molecule has 0 spiro atoms. The topological polar surface area (TPSA) is 73.6 Å². The molecule has 1 amide bonds. The lowest BCUT2D eigenvalue weighted by Gasteiger charge is -2.09. The fourth-order valence-electron chi connectivity index (χ4n) is 3.48. The number of hydrogen-bond donors (Lipinski definition) is 1. The first kappa shape index (κ1) is 21.9. The van der Waals surface area contributed by atoms with Crippen LogP contribution in [-0.4, -0.2) is 25.1 Å². The average molecular weight is 440 g/mol. The molecule has 1 aromatic heterocycles. The van der Waals surface area contributed by atoms with Crippen molar-refractivity contribution in [3.05, 3.63) is 90.3 Å². The fraction of sp³-hybridized carbons (Fsp3) is 0.111. The molecule has 4 rings (SSSR count). The summed E-state index contributed by atoms with van der Waals surface area (Å²) in [6, 6.07) is 19.3. The molecule has 0 saturated heterocycles. The average Bonchev–Trinajstić information content (AvgIpc) is 3.38. The quantitative estimate of drug-likeness (QED) is 0.358. The van der Waals surface area contributed by atoms with Crippen LogP contribution in [0.5, 0.6) is 11.5 Å². The molecule has 6 heteroatoms. The van der Waals surface area contributed by atoms with Gasteiger partial charge in [0.25, 0.3) is 0 Å². The summed E-state index contributed by atoms with van der Waals surface area (Å²) in [6.45, 7) is 2.06. The number of nitrogens with zero attached hydrogens (tertiary/aromatic N) is 1. The third-order valence-corrected chi connectivity index (χ3v) is 5.22. The van der Waals surface area contributed by atoms with Crippen molar-refractivity contribution in [2.75, 3.05) is 19.5 Å². The van der Waals surface area contributed by atoms with Gasteiger partial charge in [-0.15, -0.1) is 0 Å². The van der Waals surface area contributed by atoms with Gasteiger partial charge in [-0.2, -0.15) is 0 Å². The normalized spacial score (nSPS) is 10.9. The fourth-order valence-corrected chi connectivity index (χ4v) is 3.48. The second kappa shape index (κ2) is 9.87. The number of methoxy groups -OCH3 is 2. The number of nitrogens with one attached hydrogen (secondary N) is 1. The Hall–Kier alpha value is -4.32. The minimum Gasteiger partial charge on any atom is -0.493 e. The van der Waals surface area contributed by atoms with Crippen molar-refractivity contribution < 1.29 is 18.7 Å². The summed E-state index contributed by atoms with van der Waals surface area (Å²) in [4.78, 5) is 16.6. The summed E-state index contributed by atoms with van der Waals surface area (Å²) in [5, 5.41) is 2.88. The number of amides is 1. The number of aryl methyl sites for hydroxylation is 1. The second-order valence-corrected chi connectivity index (χ2v) is 7.38. The largest absolute Gasteiger partial charge is 0.493 e. The summed E-state index contributed by atoms with van der Waals surface area (Å²) in [5.74, 6) is 1.61. The van der Waals surface area contributed by atoms with E-state index in [0.717, 1.165) is 27.8 Å². The summed E-state index contributed by atoms with van der Waals surface area (Å²) >= 11 is 0. The predicted molar refractivity (Wildman–Crippen MR) is 129 cm³/mol. The number of hydrogen-bond acceptors (Lipinski definition) is 5. The highest BCUT2D eigenvalue weighted by molar-refractivity contribution is 6.02. The molecule has 0 aliphatic heterocycles. The van der Waals surface area contributed by atoms with Gasteiger partial charge in [0.05, 0.1) is 20.4 Å². The highest BCUT2D eigenvalue weighted by Gasteiger charge is 2.09. The SMILES string of the molecule is COc1ccc(C=CC(=O)Nc2ccc(-c3cc(-c4ncco4)ccc3C)cc2)cc1OC. The van der Waals surface area contributed by atoms with Crippen molar-refractivity contribution in [1.29, 1.82) is 0 Å². The second-order valence-electron chi connectivity index (χ2n) is 7.38. The molecule has 1 N–H and O–H groups in total. The molecule has 3 aromatic carbocycles. The molecular weight excluding hydrogens is 416 g/mol. The summed E-state index contributed by atoms with van der Waals surface area (Å²) in [7, 11) is 3.16. The number of ether oxygens (including phenoxy) is 2. The predicted octanol–water partition coefficient (Wildman–Crippen LogP) is 5.99. The number of carbonyl (C=O) groups excluding carboxylic acids is 1. The molecule has 6 nitrogen and oxygen atoms in total. The van der Waals surface area contributed by atoms with Crippen molar-refractivity contribution in [3.63, 3.8) is 0 Å². The van der Waals surface area contributed by atoms with Crippen LogP contribution in [0.4, 0.5) is 5.69 Å². The van der Waals surface area contributed by atoms with Gasteiger partial charge in [0, 0.05) is 17.3 Å². The van der Waals surface area contributed by atoms with Gasteiger partial charge in [0.15, 0.2) is 11.5 Å². The van der Waals surface area contributed by atoms with Gasteiger partial charge in [-0.3, -0.25) is 4.79 Å². The monoisotopic (exact) mass is 440 g/mol. The van der Waals surface area contributed by atoms with Crippen LogP contribution in [0.15, 0.2) is 83.6 Å². The Morgan fingerprint density at radius 1 is 0.939 bits per heavy atom. The number of rotatable bonds is 7. The van der Waals surface area contributed by atoms with E-state index in [1.165, 1.54) is 6.08 Å². The maximum absolute atomic E-state index is 12.4. The van der Waals surface area contributed by atoms with Crippen LogP contribution < -0.4 is 14.8 Å². The molecule has 0 atom stereocenters. The highest BCUT2D eigenvalue weighted by atomic mass is 16.5. The molecule has 0 aliphatic rings. The molecule has 0 aliphatic carbocycles. The highest BCUT2D eigenvalue weighted by Crippen LogP contribution is 2.30. The van der Waals surface area contributed by atoms with Crippen LogP contribution in [0.25, 0.3) is 28.7 Å². The van der Waals surface area contributed by atoms with Gasteiger partial charge in [-0.25, -0.2) is 4.98 Å². The lowest BCUT2D eigenvalue weighted by molar-refractivity contribution is -0.111. The molecule has 0 radical (unpaired) electrons. The zero-order chi connectivity index (χ0) is 23.2. The smallest absolute Gasteiger partial charge is 0.248 e.